The second kappa shape index (κ2) is 12.0. The topological polar surface area (TPSA) is 31.4 Å². The fourth-order valence-corrected chi connectivity index (χ4v) is 12.9. The molecule has 0 heterocycles. The Bertz CT molecular complexity index is 379. The van der Waals surface area contributed by atoms with Crippen LogP contribution in [0.25, 0.3) is 9.63 Å². The molecule has 3 nitrogen and oxygen atoms in total. The molecule has 0 rings (SSSR count). The molecule has 0 N–H and O–H groups in total. The van der Waals surface area contributed by atoms with Gasteiger partial charge in [0.05, 0.1) is 0 Å². The molecule has 0 bridgehead atoms. The van der Waals surface area contributed by atoms with Crippen molar-refractivity contribution >= 4 is 24.7 Å². The van der Waals surface area contributed by atoms with Crippen molar-refractivity contribution in [2.24, 2.45) is 0 Å². The van der Waals surface area contributed by atoms with Crippen LogP contribution in [0.3, 0.4) is 0 Å². The predicted molar refractivity (Wildman–Crippen MR) is 132 cm³/mol. The summed E-state index contributed by atoms with van der Waals surface area (Å²) in [5.74, 6) is 0. The second-order valence-electron chi connectivity index (χ2n) is 11.6. The summed E-state index contributed by atoms with van der Waals surface area (Å²) in [6.45, 7) is 37.9. The molecule has 0 aliphatic heterocycles. The Morgan fingerprint density at radius 1 is 0.704 bits per heavy atom. The number of hydrogen-bond acceptors (Lipinski definition) is 1. The van der Waals surface area contributed by atoms with Gasteiger partial charge >= 0.3 is 16.8 Å². The average molecular weight is 477 g/mol. The van der Waals surface area contributed by atoms with Crippen LogP contribution in [-0.4, -0.2) is 54.8 Å². The van der Waals surface area contributed by atoms with Crippen LogP contribution in [0, 0.1) is 0 Å². The van der Waals surface area contributed by atoms with Crippen molar-refractivity contribution in [2.45, 2.75) is 111 Å². The monoisotopic (exact) mass is 476 g/mol. The molecule has 0 amide bonds. The van der Waals surface area contributed by atoms with Gasteiger partial charge in [0.1, 0.15) is 0 Å². The van der Waals surface area contributed by atoms with Crippen molar-refractivity contribution in [3.05, 3.63) is 9.63 Å². The van der Waals surface area contributed by atoms with Gasteiger partial charge in [0.15, 0.2) is 0 Å². The Balaban J connectivity index is -0.000000491. The SMILES string of the molecule is CCN(CC)CC(C)(C)[N-][Si](C)(C)C(C)(C)C.C[Si](C)(C)[N-][Si](C)(C)C.[Co+3]. The first-order chi connectivity index (χ1) is 11.2. The quantitative estimate of drug-likeness (QED) is 0.333. The van der Waals surface area contributed by atoms with Crippen LogP contribution < -0.4 is 0 Å². The average Bonchev–Trinajstić information content (AvgIpc) is 2.29. The van der Waals surface area contributed by atoms with Gasteiger partial charge in [0.25, 0.3) is 0 Å². The minimum Gasteiger partial charge on any atom is -0.668 e. The van der Waals surface area contributed by atoms with Crippen LogP contribution in [0.2, 0.25) is 57.4 Å². The fraction of sp³-hybridized carbons (Fsp3) is 1.00. The van der Waals surface area contributed by atoms with E-state index in [4.69, 9.17) is 9.63 Å². The summed E-state index contributed by atoms with van der Waals surface area (Å²) in [6.07, 6.45) is 0. The van der Waals surface area contributed by atoms with E-state index in [0.717, 1.165) is 19.6 Å². The summed E-state index contributed by atoms with van der Waals surface area (Å²) in [7, 11) is -3.75. The first kappa shape index (κ1) is 32.7. The molecule has 0 radical (unpaired) electrons. The number of rotatable bonds is 8. The molecule has 27 heavy (non-hydrogen) atoms. The number of nitrogens with zero attached hydrogens (tertiary/aromatic N) is 3. The van der Waals surface area contributed by atoms with E-state index in [1.54, 1.807) is 0 Å². The van der Waals surface area contributed by atoms with Gasteiger partial charge in [-0.1, -0.05) is 131 Å². The third kappa shape index (κ3) is 17.6. The summed E-state index contributed by atoms with van der Waals surface area (Å²) >= 11 is 0. The predicted octanol–water partition coefficient (Wildman–Crippen LogP) is 7.51. The number of likely N-dealkylation sites (N-methyl/N-ethyl adjacent to an activating group) is 1. The smallest absolute Gasteiger partial charge is 0.668 e. The zero-order valence-electron chi connectivity index (χ0n) is 21.3. The van der Waals surface area contributed by atoms with Crippen molar-refractivity contribution in [3.8, 4) is 0 Å². The van der Waals surface area contributed by atoms with Gasteiger partial charge in [0, 0.05) is 0 Å². The molecule has 0 atom stereocenters. The molecule has 0 saturated heterocycles. The molecule has 0 aromatic carbocycles. The summed E-state index contributed by atoms with van der Waals surface area (Å²) < 4.78 is 4.82. The molecule has 7 heteroatoms. The minimum absolute atomic E-state index is 0. The van der Waals surface area contributed by atoms with Crippen LogP contribution in [0.4, 0.5) is 0 Å². The maximum Gasteiger partial charge on any atom is 3.00 e. The van der Waals surface area contributed by atoms with Crippen LogP contribution in [-0.2, 0) is 16.8 Å². The van der Waals surface area contributed by atoms with Crippen molar-refractivity contribution < 1.29 is 16.8 Å². The van der Waals surface area contributed by atoms with E-state index >= 15 is 0 Å². The summed E-state index contributed by atoms with van der Waals surface area (Å²) in [4.78, 5) is 7.71. The summed E-state index contributed by atoms with van der Waals surface area (Å²) in [5, 5.41) is 0.341. The van der Waals surface area contributed by atoms with E-state index in [1.165, 1.54) is 0 Å². The molecular formula is C20H51CoN3Si3+. The third-order valence-electron chi connectivity index (χ3n) is 4.59. The van der Waals surface area contributed by atoms with E-state index < -0.39 is 24.7 Å². The fourth-order valence-electron chi connectivity index (χ4n) is 2.96. The van der Waals surface area contributed by atoms with Crippen molar-refractivity contribution in [3.63, 3.8) is 0 Å². The maximum atomic E-state index is 5.24. The van der Waals surface area contributed by atoms with Gasteiger partial charge in [-0.15, -0.1) is 5.54 Å². The van der Waals surface area contributed by atoms with Crippen LogP contribution in [0.5, 0.6) is 0 Å². The second-order valence-corrected chi connectivity index (χ2v) is 26.1. The first-order valence-corrected chi connectivity index (χ1v) is 20.2. The standard InChI is InChI=1S/C14H33N2Si.C6H18NSi2.Co/c1-10-16(11-2)12-14(6,7)15-17(8,9)13(3,4)5;1-8(2,3)7-9(4,5)6;/h10-12H2,1-9H3;1-6H3;/q2*-1;+3. The first-order valence-electron chi connectivity index (χ1n) is 10.4. The minimum atomic E-state index is -1.53. The van der Waals surface area contributed by atoms with E-state index in [2.05, 4.69) is 106 Å². The van der Waals surface area contributed by atoms with Gasteiger partial charge in [-0.2, -0.15) is 0 Å². The van der Waals surface area contributed by atoms with Crippen molar-refractivity contribution in [1.29, 1.82) is 0 Å². The zero-order valence-corrected chi connectivity index (χ0v) is 25.3. The van der Waals surface area contributed by atoms with Gasteiger partial charge in [-0.3, -0.25) is 0 Å². The van der Waals surface area contributed by atoms with E-state index in [1.807, 2.05) is 0 Å². The molecule has 0 aliphatic rings. The third-order valence-corrected chi connectivity index (χ3v) is 14.8. The Kier molecular flexibility index (Phi) is 14.6. The molecule has 166 valence electrons. The van der Waals surface area contributed by atoms with Gasteiger partial charge < -0.3 is 14.5 Å². The number of hydrogen-bond donors (Lipinski definition) is 0. The largest absolute Gasteiger partial charge is 3.00 e. The summed E-state index contributed by atoms with van der Waals surface area (Å²) in [5.41, 5.74) is 0.0784. The van der Waals surface area contributed by atoms with Crippen LogP contribution >= 0.6 is 0 Å². The molecule has 0 fully saturated rings. The van der Waals surface area contributed by atoms with E-state index in [-0.39, 0.29) is 22.3 Å². The van der Waals surface area contributed by atoms with Crippen LogP contribution in [0.1, 0.15) is 48.5 Å². The van der Waals surface area contributed by atoms with Gasteiger partial charge in [-0.25, -0.2) is 0 Å². The zero-order chi connectivity index (χ0) is 21.6. The molecule has 0 saturated carbocycles. The normalized spacial score (nSPS) is 13.8. The molecule has 0 aliphatic carbocycles. The van der Waals surface area contributed by atoms with Gasteiger partial charge in [0.2, 0.25) is 0 Å². The molecule has 0 unspecified atom stereocenters. The molecular weight excluding hydrogens is 425 g/mol. The van der Waals surface area contributed by atoms with Gasteiger partial charge in [-0.05, 0) is 19.6 Å². The van der Waals surface area contributed by atoms with Crippen molar-refractivity contribution in [2.75, 3.05) is 19.6 Å². The Morgan fingerprint density at radius 2 is 1.04 bits per heavy atom. The van der Waals surface area contributed by atoms with E-state index in [9.17, 15) is 0 Å². The van der Waals surface area contributed by atoms with E-state index in [0.29, 0.717) is 5.04 Å². The molecule has 0 aromatic heterocycles. The Labute approximate surface area is 186 Å². The molecule has 0 aromatic rings. The van der Waals surface area contributed by atoms with Crippen LogP contribution in [0.15, 0.2) is 0 Å². The Hall–Kier alpha value is 1.04. The Morgan fingerprint density at radius 3 is 1.22 bits per heavy atom. The maximum absolute atomic E-state index is 5.24. The van der Waals surface area contributed by atoms with Crippen molar-refractivity contribution in [1.82, 2.24) is 4.90 Å². The summed E-state index contributed by atoms with van der Waals surface area (Å²) in [6, 6.07) is 0. The molecule has 0 spiro atoms.